The molecule has 1 rings (SSSR count). The zero-order valence-corrected chi connectivity index (χ0v) is 6.89. The molecule has 0 amide bonds. The largest absolute Gasteiger partial charge is 0.477 e. The van der Waals surface area contributed by atoms with Crippen molar-refractivity contribution in [3.63, 3.8) is 0 Å². The van der Waals surface area contributed by atoms with Crippen LogP contribution in [0.25, 0.3) is 0 Å². The lowest BCUT2D eigenvalue weighted by Gasteiger charge is -2.17. The van der Waals surface area contributed by atoms with E-state index in [1.54, 1.807) is 0 Å². The summed E-state index contributed by atoms with van der Waals surface area (Å²) in [5.41, 5.74) is -0.236. The summed E-state index contributed by atoms with van der Waals surface area (Å²) in [6.07, 6.45) is -0.0647. The average Bonchev–Trinajstić information content (AvgIpc) is 2.17. The summed E-state index contributed by atoms with van der Waals surface area (Å²) in [5.74, 6) is -6.57. The van der Waals surface area contributed by atoms with Crippen molar-refractivity contribution in [1.82, 2.24) is 4.98 Å². The van der Waals surface area contributed by atoms with E-state index in [9.17, 15) is 13.6 Å². The zero-order valence-electron chi connectivity index (χ0n) is 6.89. The summed E-state index contributed by atoms with van der Waals surface area (Å²) in [5, 5.41) is 17.2. The molecule has 4 nitrogen and oxygen atoms in total. The Morgan fingerprint density at radius 3 is 2.64 bits per heavy atom. The lowest BCUT2D eigenvalue weighted by atomic mass is 10.1. The van der Waals surface area contributed by atoms with Crippen LogP contribution in [-0.2, 0) is 4.79 Å². The van der Waals surface area contributed by atoms with Crippen LogP contribution in [0.1, 0.15) is 11.7 Å². The maximum atomic E-state index is 12.7. The molecule has 0 fully saturated rings. The predicted octanol–water partition coefficient (Wildman–Crippen LogP) is 0.835. The fourth-order valence-corrected chi connectivity index (χ4v) is 0.864. The van der Waals surface area contributed by atoms with Crippen LogP contribution in [0.4, 0.5) is 8.78 Å². The van der Waals surface area contributed by atoms with E-state index in [-0.39, 0.29) is 5.56 Å². The van der Waals surface area contributed by atoms with Crippen molar-refractivity contribution < 1.29 is 23.8 Å². The van der Waals surface area contributed by atoms with Gasteiger partial charge in [0.25, 0.3) is 0 Å². The van der Waals surface area contributed by atoms with Crippen LogP contribution in [0.2, 0.25) is 0 Å². The Balaban J connectivity index is 2.96. The molecule has 0 aliphatic rings. The van der Waals surface area contributed by atoms with Gasteiger partial charge in [-0.1, -0.05) is 6.07 Å². The van der Waals surface area contributed by atoms with E-state index in [4.69, 9.17) is 10.2 Å². The summed E-state index contributed by atoms with van der Waals surface area (Å²) in [4.78, 5) is 13.6. The molecule has 0 saturated heterocycles. The van der Waals surface area contributed by atoms with Crippen molar-refractivity contribution in [1.29, 1.82) is 0 Å². The quantitative estimate of drug-likeness (QED) is 0.763. The molecule has 1 unspecified atom stereocenters. The normalized spacial score (nSPS) is 13.6. The molecule has 76 valence electrons. The number of aliphatic hydroxyl groups is 1. The zero-order chi connectivity index (χ0) is 10.8. The number of carboxylic acid groups (broad SMARTS) is 1. The number of pyridine rings is 1. The van der Waals surface area contributed by atoms with Gasteiger partial charge in [-0.05, 0) is 6.07 Å². The van der Waals surface area contributed by atoms with Gasteiger partial charge < -0.3 is 10.2 Å². The minimum atomic E-state index is -4.21. The Bertz CT molecular complexity index is 329. The fourth-order valence-electron chi connectivity index (χ4n) is 0.864. The Morgan fingerprint density at radius 1 is 1.57 bits per heavy atom. The van der Waals surface area contributed by atoms with E-state index < -0.39 is 18.0 Å². The van der Waals surface area contributed by atoms with E-state index in [1.807, 2.05) is 0 Å². The highest BCUT2D eigenvalue weighted by molar-refractivity contribution is 5.76. The van der Waals surface area contributed by atoms with Gasteiger partial charge in [-0.2, -0.15) is 8.78 Å². The molecule has 1 aromatic heterocycles. The van der Waals surface area contributed by atoms with Gasteiger partial charge in [0.15, 0.2) is 6.10 Å². The van der Waals surface area contributed by atoms with Gasteiger partial charge in [-0.3, -0.25) is 4.98 Å². The SMILES string of the molecule is O=C(O)C(F)(F)C(O)c1cccnc1. The van der Waals surface area contributed by atoms with Gasteiger partial charge in [-0.15, -0.1) is 0 Å². The Labute approximate surface area is 77.8 Å². The fraction of sp³-hybridized carbons (Fsp3) is 0.250. The molecule has 0 bridgehead atoms. The second kappa shape index (κ2) is 3.67. The van der Waals surface area contributed by atoms with Crippen molar-refractivity contribution in [2.45, 2.75) is 12.0 Å². The smallest absolute Gasteiger partial charge is 0.377 e. The van der Waals surface area contributed by atoms with Crippen molar-refractivity contribution in [2.75, 3.05) is 0 Å². The molecule has 0 radical (unpaired) electrons. The topological polar surface area (TPSA) is 70.4 Å². The predicted molar refractivity (Wildman–Crippen MR) is 41.8 cm³/mol. The van der Waals surface area contributed by atoms with Crippen LogP contribution in [0.5, 0.6) is 0 Å². The van der Waals surface area contributed by atoms with Gasteiger partial charge in [0.05, 0.1) is 0 Å². The van der Waals surface area contributed by atoms with Crippen LogP contribution in [0.3, 0.4) is 0 Å². The van der Waals surface area contributed by atoms with Crippen LogP contribution < -0.4 is 0 Å². The van der Waals surface area contributed by atoms with Crippen molar-refractivity contribution in [3.05, 3.63) is 30.1 Å². The number of aromatic nitrogens is 1. The van der Waals surface area contributed by atoms with Gasteiger partial charge in [0, 0.05) is 18.0 Å². The number of aliphatic hydroxyl groups excluding tert-OH is 1. The summed E-state index contributed by atoms with van der Waals surface area (Å²) in [6.45, 7) is 0. The third-order valence-electron chi connectivity index (χ3n) is 1.63. The molecule has 1 atom stereocenters. The van der Waals surface area contributed by atoms with E-state index in [2.05, 4.69) is 4.98 Å². The number of hydrogen-bond donors (Lipinski definition) is 2. The third-order valence-corrected chi connectivity index (χ3v) is 1.63. The number of halogens is 2. The standard InChI is InChI=1S/C8H7F2NO3/c9-8(10,7(13)14)6(12)5-2-1-3-11-4-5/h1-4,6,12H,(H,13,14). The highest BCUT2D eigenvalue weighted by Gasteiger charge is 2.47. The van der Waals surface area contributed by atoms with E-state index in [1.165, 1.54) is 18.3 Å². The molecule has 0 saturated carbocycles. The number of carbonyl (C=O) groups is 1. The third kappa shape index (κ3) is 1.85. The van der Waals surface area contributed by atoms with Gasteiger partial charge >= 0.3 is 11.9 Å². The minimum Gasteiger partial charge on any atom is -0.477 e. The first-order valence-corrected chi connectivity index (χ1v) is 3.65. The second-order valence-electron chi connectivity index (χ2n) is 2.62. The van der Waals surface area contributed by atoms with Gasteiger partial charge in [0.2, 0.25) is 0 Å². The molecule has 6 heteroatoms. The molecular weight excluding hydrogens is 196 g/mol. The first-order valence-electron chi connectivity index (χ1n) is 3.65. The molecule has 0 aliphatic carbocycles. The van der Waals surface area contributed by atoms with E-state index >= 15 is 0 Å². The lowest BCUT2D eigenvalue weighted by Crippen LogP contribution is -2.35. The number of rotatable bonds is 3. The van der Waals surface area contributed by atoms with Crippen LogP contribution in [0.15, 0.2) is 24.5 Å². The van der Waals surface area contributed by atoms with E-state index in [0.717, 1.165) is 6.20 Å². The maximum absolute atomic E-state index is 12.7. The molecule has 2 N–H and O–H groups in total. The second-order valence-corrected chi connectivity index (χ2v) is 2.62. The molecule has 1 aromatic rings. The van der Waals surface area contributed by atoms with Crippen LogP contribution in [-0.4, -0.2) is 27.1 Å². The summed E-state index contributed by atoms with van der Waals surface area (Å²) < 4.78 is 25.5. The summed E-state index contributed by atoms with van der Waals surface area (Å²) in [6, 6.07) is 2.50. The summed E-state index contributed by atoms with van der Waals surface area (Å²) >= 11 is 0. The molecule has 0 aliphatic heterocycles. The molecule has 1 heterocycles. The number of carboxylic acids is 1. The van der Waals surface area contributed by atoms with Crippen molar-refractivity contribution in [3.8, 4) is 0 Å². The number of alkyl halides is 2. The average molecular weight is 203 g/mol. The number of hydrogen-bond acceptors (Lipinski definition) is 3. The number of aliphatic carboxylic acids is 1. The van der Waals surface area contributed by atoms with Crippen LogP contribution >= 0.6 is 0 Å². The van der Waals surface area contributed by atoms with Gasteiger partial charge in [0.1, 0.15) is 0 Å². The maximum Gasteiger partial charge on any atom is 0.377 e. The molecule has 0 aromatic carbocycles. The highest BCUT2D eigenvalue weighted by atomic mass is 19.3. The molecular formula is C8H7F2NO3. The number of nitrogens with zero attached hydrogens (tertiary/aromatic N) is 1. The van der Waals surface area contributed by atoms with Crippen LogP contribution in [0, 0.1) is 0 Å². The Kier molecular flexibility index (Phi) is 2.76. The monoisotopic (exact) mass is 203 g/mol. The first-order chi connectivity index (χ1) is 6.46. The van der Waals surface area contributed by atoms with Gasteiger partial charge in [-0.25, -0.2) is 4.79 Å². The highest BCUT2D eigenvalue weighted by Crippen LogP contribution is 2.30. The molecule has 0 spiro atoms. The van der Waals surface area contributed by atoms with Crippen molar-refractivity contribution in [2.24, 2.45) is 0 Å². The van der Waals surface area contributed by atoms with Crippen molar-refractivity contribution >= 4 is 5.97 Å². The minimum absolute atomic E-state index is 0.236. The lowest BCUT2D eigenvalue weighted by molar-refractivity contribution is -0.182. The molecule has 14 heavy (non-hydrogen) atoms. The Hall–Kier alpha value is -1.56. The first kappa shape index (κ1) is 10.5. The van der Waals surface area contributed by atoms with E-state index in [0.29, 0.717) is 0 Å². The Morgan fingerprint density at radius 2 is 2.21 bits per heavy atom. The summed E-state index contributed by atoms with van der Waals surface area (Å²) in [7, 11) is 0.